The molecule has 0 amide bonds. The van der Waals surface area contributed by atoms with Crippen LogP contribution >= 0.6 is 12.4 Å². The van der Waals surface area contributed by atoms with Crippen molar-refractivity contribution in [2.75, 3.05) is 0 Å². The van der Waals surface area contributed by atoms with Gasteiger partial charge in [-0.05, 0) is 32.1 Å². The molecule has 4 rings (SSSR count). The Morgan fingerprint density at radius 2 is 2.00 bits per heavy atom. The number of likely N-dealkylation sites (tertiary alicyclic amines) is 1. The predicted molar refractivity (Wildman–Crippen MR) is 99.0 cm³/mol. The second-order valence-electron chi connectivity index (χ2n) is 7.25. The zero-order chi connectivity index (χ0) is 17.4. The highest BCUT2D eigenvalue weighted by molar-refractivity contribution is 5.85. The maximum atomic E-state index is 11.7. The van der Waals surface area contributed by atoms with Crippen LogP contribution in [0.25, 0.3) is 11.4 Å². The summed E-state index contributed by atoms with van der Waals surface area (Å²) in [6.07, 6.45) is 5.30. The van der Waals surface area contributed by atoms with Crippen molar-refractivity contribution in [3.05, 3.63) is 35.7 Å². The van der Waals surface area contributed by atoms with Gasteiger partial charge in [0.15, 0.2) is 0 Å². The van der Waals surface area contributed by atoms with E-state index >= 15 is 0 Å². The third kappa shape index (κ3) is 3.62. The SMILES string of the molecule is Cc1ccc(-c2noc(CN3C(C(=O)O)CC4CCCCC43)n2)cc1.Cl. The van der Waals surface area contributed by atoms with Crippen LogP contribution in [-0.4, -0.2) is 38.2 Å². The summed E-state index contributed by atoms with van der Waals surface area (Å²) >= 11 is 0. The van der Waals surface area contributed by atoms with Gasteiger partial charge in [0.1, 0.15) is 6.04 Å². The Balaban J connectivity index is 0.00000196. The summed E-state index contributed by atoms with van der Waals surface area (Å²) < 4.78 is 5.42. The van der Waals surface area contributed by atoms with Crippen LogP contribution in [0.5, 0.6) is 0 Å². The minimum Gasteiger partial charge on any atom is -0.480 e. The second-order valence-corrected chi connectivity index (χ2v) is 7.25. The minimum atomic E-state index is -0.743. The van der Waals surface area contributed by atoms with E-state index in [0.717, 1.165) is 24.8 Å². The topological polar surface area (TPSA) is 79.5 Å². The van der Waals surface area contributed by atoms with Gasteiger partial charge in [-0.15, -0.1) is 12.4 Å². The smallest absolute Gasteiger partial charge is 0.320 e. The molecule has 3 atom stereocenters. The number of aliphatic carboxylic acids is 1. The molecule has 0 spiro atoms. The summed E-state index contributed by atoms with van der Waals surface area (Å²) in [5, 5.41) is 13.7. The van der Waals surface area contributed by atoms with E-state index in [2.05, 4.69) is 15.0 Å². The molecule has 1 aliphatic heterocycles. The second kappa shape index (κ2) is 7.76. The van der Waals surface area contributed by atoms with Gasteiger partial charge in [-0.1, -0.05) is 47.8 Å². The van der Waals surface area contributed by atoms with Crippen LogP contribution in [0.1, 0.15) is 43.6 Å². The van der Waals surface area contributed by atoms with Crippen LogP contribution in [0.4, 0.5) is 0 Å². The van der Waals surface area contributed by atoms with Crippen molar-refractivity contribution in [1.29, 1.82) is 0 Å². The van der Waals surface area contributed by atoms with Crippen molar-refractivity contribution in [2.24, 2.45) is 5.92 Å². The summed E-state index contributed by atoms with van der Waals surface area (Å²) in [6.45, 7) is 2.45. The van der Waals surface area contributed by atoms with E-state index in [-0.39, 0.29) is 12.4 Å². The molecule has 2 aliphatic rings. The minimum absolute atomic E-state index is 0. The number of aryl methyl sites for hydroxylation is 1. The van der Waals surface area contributed by atoms with Crippen molar-refractivity contribution in [3.63, 3.8) is 0 Å². The molecule has 1 saturated heterocycles. The van der Waals surface area contributed by atoms with Gasteiger partial charge in [0.05, 0.1) is 6.54 Å². The zero-order valence-corrected chi connectivity index (χ0v) is 15.6. The quantitative estimate of drug-likeness (QED) is 0.875. The number of carbonyl (C=O) groups is 1. The largest absolute Gasteiger partial charge is 0.480 e. The third-order valence-electron chi connectivity index (χ3n) is 5.60. The molecule has 0 bridgehead atoms. The molecular formula is C19H24ClN3O3. The first kappa shape index (κ1) is 18.9. The number of hydrogen-bond acceptors (Lipinski definition) is 5. The molecule has 26 heavy (non-hydrogen) atoms. The number of hydrogen-bond donors (Lipinski definition) is 1. The van der Waals surface area contributed by atoms with Crippen molar-refractivity contribution in [1.82, 2.24) is 15.0 Å². The van der Waals surface area contributed by atoms with E-state index in [1.165, 1.54) is 18.4 Å². The van der Waals surface area contributed by atoms with Crippen molar-refractivity contribution < 1.29 is 14.4 Å². The number of nitrogens with zero attached hydrogens (tertiary/aromatic N) is 3. The molecule has 0 radical (unpaired) electrons. The van der Waals surface area contributed by atoms with Gasteiger partial charge >= 0.3 is 5.97 Å². The molecule has 7 heteroatoms. The molecule has 2 fully saturated rings. The van der Waals surface area contributed by atoms with Crippen molar-refractivity contribution >= 4 is 18.4 Å². The fourth-order valence-electron chi connectivity index (χ4n) is 4.32. The highest BCUT2D eigenvalue weighted by Crippen LogP contribution is 2.40. The molecule has 1 aromatic heterocycles. The Labute approximate surface area is 159 Å². The summed E-state index contributed by atoms with van der Waals surface area (Å²) in [5.74, 6) is 0.788. The van der Waals surface area contributed by atoms with Crippen LogP contribution in [0.2, 0.25) is 0 Å². The predicted octanol–water partition coefficient (Wildman–Crippen LogP) is 3.68. The lowest BCUT2D eigenvalue weighted by atomic mass is 9.85. The molecule has 1 N–H and O–H groups in total. The highest BCUT2D eigenvalue weighted by Gasteiger charge is 2.45. The lowest BCUT2D eigenvalue weighted by molar-refractivity contribution is -0.143. The van der Waals surface area contributed by atoms with Gasteiger partial charge in [0.2, 0.25) is 11.7 Å². The molecule has 1 aliphatic carbocycles. The van der Waals surface area contributed by atoms with Gasteiger partial charge in [-0.2, -0.15) is 4.98 Å². The van der Waals surface area contributed by atoms with Crippen molar-refractivity contribution in [3.8, 4) is 11.4 Å². The molecule has 1 saturated carbocycles. The molecule has 1 aromatic carbocycles. The van der Waals surface area contributed by atoms with Gasteiger partial charge in [-0.25, -0.2) is 0 Å². The number of fused-ring (bicyclic) bond motifs is 1. The van der Waals surface area contributed by atoms with E-state index in [1.807, 2.05) is 31.2 Å². The fourth-order valence-corrected chi connectivity index (χ4v) is 4.32. The number of benzene rings is 1. The lowest BCUT2D eigenvalue weighted by Crippen LogP contribution is -2.41. The molecule has 3 unspecified atom stereocenters. The van der Waals surface area contributed by atoms with Crippen LogP contribution < -0.4 is 0 Å². The molecule has 2 heterocycles. The monoisotopic (exact) mass is 377 g/mol. The maximum Gasteiger partial charge on any atom is 0.320 e. The summed E-state index contributed by atoms with van der Waals surface area (Å²) in [6, 6.07) is 7.85. The van der Waals surface area contributed by atoms with Crippen LogP contribution in [-0.2, 0) is 11.3 Å². The molecular weight excluding hydrogens is 354 g/mol. The normalized spacial score (nSPS) is 25.5. The van der Waals surface area contributed by atoms with Crippen LogP contribution in [0.15, 0.2) is 28.8 Å². The first-order valence-corrected chi connectivity index (χ1v) is 9.00. The summed E-state index contributed by atoms with van der Waals surface area (Å²) in [4.78, 5) is 18.3. The van der Waals surface area contributed by atoms with E-state index in [4.69, 9.17) is 4.52 Å². The third-order valence-corrected chi connectivity index (χ3v) is 5.60. The fraction of sp³-hybridized carbons (Fsp3) is 0.526. The van der Waals surface area contributed by atoms with Gasteiger partial charge in [0, 0.05) is 11.6 Å². The first-order valence-electron chi connectivity index (χ1n) is 9.00. The highest BCUT2D eigenvalue weighted by atomic mass is 35.5. The van der Waals surface area contributed by atoms with Crippen LogP contribution in [0, 0.1) is 12.8 Å². The number of halogens is 1. The number of rotatable bonds is 4. The zero-order valence-electron chi connectivity index (χ0n) is 14.8. The van der Waals surface area contributed by atoms with E-state index in [9.17, 15) is 9.90 Å². The lowest BCUT2D eigenvalue weighted by Gasteiger charge is -2.31. The van der Waals surface area contributed by atoms with Gasteiger partial charge < -0.3 is 9.63 Å². The molecule has 140 valence electrons. The molecule has 2 aromatic rings. The number of carboxylic acid groups (broad SMARTS) is 1. The Hall–Kier alpha value is -1.92. The number of aromatic nitrogens is 2. The Kier molecular flexibility index (Phi) is 5.63. The van der Waals surface area contributed by atoms with Gasteiger partial charge in [0.25, 0.3) is 0 Å². The standard InChI is InChI=1S/C19H23N3O3.ClH/c1-12-6-8-13(9-7-12)18-20-17(25-21-18)11-22-15-5-3-2-4-14(15)10-16(22)19(23)24;/h6-9,14-16H,2-5,10-11H2,1H3,(H,23,24);1H. The Morgan fingerprint density at radius 3 is 2.73 bits per heavy atom. The Morgan fingerprint density at radius 1 is 1.27 bits per heavy atom. The maximum absolute atomic E-state index is 11.7. The number of carboxylic acids is 1. The van der Waals surface area contributed by atoms with Gasteiger partial charge in [-0.3, -0.25) is 9.69 Å². The van der Waals surface area contributed by atoms with E-state index < -0.39 is 12.0 Å². The average Bonchev–Trinajstić information content (AvgIpc) is 3.21. The first-order chi connectivity index (χ1) is 12.1. The van der Waals surface area contributed by atoms with Crippen molar-refractivity contribution in [2.45, 2.75) is 57.7 Å². The molecule has 6 nitrogen and oxygen atoms in total. The van der Waals surface area contributed by atoms with E-state index in [0.29, 0.717) is 30.2 Å². The van der Waals surface area contributed by atoms with E-state index in [1.54, 1.807) is 0 Å². The Bertz CT molecular complexity index is 762. The summed E-state index contributed by atoms with van der Waals surface area (Å²) in [7, 11) is 0. The summed E-state index contributed by atoms with van der Waals surface area (Å²) in [5.41, 5.74) is 2.09. The average molecular weight is 378 g/mol. The van der Waals surface area contributed by atoms with Crippen LogP contribution in [0.3, 0.4) is 0 Å².